The molecule has 0 spiro atoms. The number of fused-ring (bicyclic) bond motifs is 1. The Morgan fingerprint density at radius 2 is 1.82 bits per heavy atom. The second kappa shape index (κ2) is 6.02. The smallest absolute Gasteiger partial charge is 0.231 e. The Labute approximate surface area is 129 Å². The molecule has 2 aromatic carbocycles. The Morgan fingerprint density at radius 3 is 2.45 bits per heavy atom. The summed E-state index contributed by atoms with van der Waals surface area (Å²) in [6.07, 6.45) is 0. The van der Waals surface area contributed by atoms with Gasteiger partial charge in [0, 0.05) is 11.6 Å². The largest absolute Gasteiger partial charge is 0.497 e. The molecule has 4 nitrogen and oxygen atoms in total. The predicted octanol–water partition coefficient (Wildman–Crippen LogP) is 3.88. The minimum absolute atomic E-state index is 0.235. The number of benzene rings is 2. The molecule has 0 aliphatic carbocycles. The minimum Gasteiger partial charge on any atom is -0.497 e. The van der Waals surface area contributed by atoms with Crippen molar-refractivity contribution in [2.75, 3.05) is 20.5 Å². The van der Waals surface area contributed by atoms with Gasteiger partial charge in [-0.3, -0.25) is 0 Å². The lowest BCUT2D eigenvalue weighted by atomic mass is 9.98. The summed E-state index contributed by atoms with van der Waals surface area (Å²) in [7, 11) is 1.65. The van der Waals surface area contributed by atoms with Gasteiger partial charge in [-0.1, -0.05) is 18.7 Å². The Bertz CT molecular complexity index is 689. The summed E-state index contributed by atoms with van der Waals surface area (Å²) < 4.78 is 21.8. The van der Waals surface area contributed by atoms with Crippen molar-refractivity contribution >= 4 is 5.57 Å². The number of methoxy groups -OCH3 is 1. The molecule has 4 heteroatoms. The van der Waals surface area contributed by atoms with Crippen LogP contribution < -0.4 is 18.9 Å². The zero-order valence-corrected chi connectivity index (χ0v) is 12.7. The Hall–Kier alpha value is -2.62. The molecule has 0 radical (unpaired) electrons. The lowest BCUT2D eigenvalue weighted by Crippen LogP contribution is -1.97. The van der Waals surface area contributed by atoms with Crippen molar-refractivity contribution < 1.29 is 18.9 Å². The van der Waals surface area contributed by atoms with Gasteiger partial charge < -0.3 is 18.9 Å². The lowest BCUT2D eigenvalue weighted by molar-refractivity contribution is 0.174. The molecule has 22 heavy (non-hydrogen) atoms. The molecule has 2 aromatic rings. The predicted molar refractivity (Wildman–Crippen MR) is 84.9 cm³/mol. The quantitative estimate of drug-likeness (QED) is 0.839. The maximum Gasteiger partial charge on any atom is 0.231 e. The summed E-state index contributed by atoms with van der Waals surface area (Å²) in [5, 5.41) is 0. The molecule has 0 bridgehead atoms. The molecule has 0 saturated carbocycles. The lowest BCUT2D eigenvalue weighted by Gasteiger charge is -2.14. The van der Waals surface area contributed by atoms with E-state index in [1.807, 2.05) is 43.3 Å². The van der Waals surface area contributed by atoms with Crippen molar-refractivity contribution in [1.29, 1.82) is 0 Å². The van der Waals surface area contributed by atoms with Crippen LogP contribution in [0.15, 0.2) is 43.0 Å². The first-order chi connectivity index (χ1) is 10.7. The number of hydrogen-bond donors (Lipinski definition) is 0. The van der Waals surface area contributed by atoms with E-state index in [1.54, 1.807) is 7.11 Å². The average molecular weight is 298 g/mol. The summed E-state index contributed by atoms with van der Waals surface area (Å²) in [5.74, 6) is 2.97. The second-order valence-corrected chi connectivity index (χ2v) is 4.84. The van der Waals surface area contributed by atoms with E-state index in [1.165, 1.54) is 0 Å². The van der Waals surface area contributed by atoms with Crippen LogP contribution in [0.1, 0.15) is 18.1 Å². The third-order valence-electron chi connectivity index (χ3n) is 3.54. The van der Waals surface area contributed by atoms with E-state index in [0.29, 0.717) is 18.1 Å². The van der Waals surface area contributed by atoms with Crippen LogP contribution in [0, 0.1) is 0 Å². The molecule has 0 unspecified atom stereocenters. The molecule has 1 heterocycles. The van der Waals surface area contributed by atoms with Gasteiger partial charge in [-0.05, 0) is 36.3 Å². The van der Waals surface area contributed by atoms with Gasteiger partial charge in [-0.2, -0.15) is 0 Å². The van der Waals surface area contributed by atoms with Crippen LogP contribution in [-0.4, -0.2) is 20.5 Å². The van der Waals surface area contributed by atoms with Crippen LogP contribution in [-0.2, 0) is 0 Å². The highest BCUT2D eigenvalue weighted by Gasteiger charge is 2.20. The van der Waals surface area contributed by atoms with Crippen LogP contribution in [0.4, 0.5) is 0 Å². The van der Waals surface area contributed by atoms with Crippen LogP contribution in [0.5, 0.6) is 23.0 Å². The van der Waals surface area contributed by atoms with E-state index >= 15 is 0 Å². The van der Waals surface area contributed by atoms with Gasteiger partial charge in [0.15, 0.2) is 11.5 Å². The first-order valence-corrected chi connectivity index (χ1v) is 7.13. The topological polar surface area (TPSA) is 36.9 Å². The van der Waals surface area contributed by atoms with Crippen molar-refractivity contribution in [2.24, 2.45) is 0 Å². The molecule has 114 valence electrons. The summed E-state index contributed by atoms with van der Waals surface area (Å²) in [5.41, 5.74) is 2.77. The van der Waals surface area contributed by atoms with E-state index in [4.69, 9.17) is 18.9 Å². The summed E-state index contributed by atoms with van der Waals surface area (Å²) in [6.45, 7) is 6.96. The third-order valence-corrected chi connectivity index (χ3v) is 3.54. The van der Waals surface area contributed by atoms with Gasteiger partial charge in [0.05, 0.1) is 13.7 Å². The highest BCUT2D eigenvalue weighted by atomic mass is 16.7. The van der Waals surface area contributed by atoms with Crippen LogP contribution >= 0.6 is 0 Å². The van der Waals surface area contributed by atoms with Crippen LogP contribution in [0.2, 0.25) is 0 Å². The summed E-state index contributed by atoms with van der Waals surface area (Å²) in [4.78, 5) is 0. The van der Waals surface area contributed by atoms with Crippen molar-refractivity contribution in [3.8, 4) is 23.0 Å². The number of hydrogen-bond acceptors (Lipinski definition) is 4. The molecular formula is C18H18O4. The SMILES string of the molecule is C=C(c1ccc(OC)cc1)c1cc2c(cc1OCC)OCO2. The third kappa shape index (κ3) is 2.60. The van der Waals surface area contributed by atoms with E-state index in [9.17, 15) is 0 Å². The fourth-order valence-electron chi connectivity index (χ4n) is 2.38. The minimum atomic E-state index is 0.235. The monoisotopic (exact) mass is 298 g/mol. The number of ether oxygens (including phenoxy) is 4. The molecule has 0 atom stereocenters. The average Bonchev–Trinajstić information content (AvgIpc) is 3.01. The molecule has 1 aliphatic heterocycles. The van der Waals surface area contributed by atoms with E-state index in [-0.39, 0.29) is 6.79 Å². The van der Waals surface area contributed by atoms with Gasteiger partial charge in [0.1, 0.15) is 11.5 Å². The molecule has 1 aliphatic rings. The molecule has 3 rings (SSSR count). The first-order valence-electron chi connectivity index (χ1n) is 7.13. The van der Waals surface area contributed by atoms with Crippen molar-refractivity contribution in [2.45, 2.75) is 6.92 Å². The fraction of sp³-hybridized carbons (Fsp3) is 0.222. The van der Waals surface area contributed by atoms with E-state index in [2.05, 4.69) is 6.58 Å². The molecule has 0 fully saturated rings. The summed E-state index contributed by atoms with van der Waals surface area (Å²) >= 11 is 0. The standard InChI is InChI=1S/C18H18O4/c1-4-20-16-10-18-17(21-11-22-18)9-15(16)12(2)13-5-7-14(19-3)8-6-13/h5-10H,2,4,11H2,1,3H3. The summed E-state index contributed by atoms with van der Waals surface area (Å²) in [6, 6.07) is 11.5. The van der Waals surface area contributed by atoms with Gasteiger partial charge in [0.2, 0.25) is 6.79 Å². The fourth-order valence-corrected chi connectivity index (χ4v) is 2.38. The van der Waals surface area contributed by atoms with E-state index < -0.39 is 0 Å². The van der Waals surface area contributed by atoms with Gasteiger partial charge in [-0.15, -0.1) is 0 Å². The molecule has 0 N–H and O–H groups in total. The van der Waals surface area contributed by atoms with Gasteiger partial charge in [0.25, 0.3) is 0 Å². The normalized spacial score (nSPS) is 12.1. The Morgan fingerprint density at radius 1 is 1.14 bits per heavy atom. The van der Waals surface area contributed by atoms with Crippen molar-refractivity contribution in [1.82, 2.24) is 0 Å². The Balaban J connectivity index is 1.99. The Kier molecular flexibility index (Phi) is 3.92. The highest BCUT2D eigenvalue weighted by Crippen LogP contribution is 2.41. The molecule has 0 saturated heterocycles. The zero-order valence-electron chi connectivity index (χ0n) is 12.7. The van der Waals surface area contributed by atoms with Gasteiger partial charge in [-0.25, -0.2) is 0 Å². The van der Waals surface area contributed by atoms with Crippen LogP contribution in [0.25, 0.3) is 5.57 Å². The van der Waals surface area contributed by atoms with Crippen molar-refractivity contribution in [3.63, 3.8) is 0 Å². The molecule has 0 amide bonds. The van der Waals surface area contributed by atoms with Gasteiger partial charge >= 0.3 is 0 Å². The second-order valence-electron chi connectivity index (χ2n) is 4.84. The van der Waals surface area contributed by atoms with Crippen molar-refractivity contribution in [3.05, 3.63) is 54.1 Å². The maximum atomic E-state index is 5.73. The van der Waals surface area contributed by atoms with E-state index in [0.717, 1.165) is 28.2 Å². The molecular weight excluding hydrogens is 280 g/mol. The zero-order chi connectivity index (χ0) is 15.5. The highest BCUT2D eigenvalue weighted by molar-refractivity contribution is 5.83. The first kappa shape index (κ1) is 14.3. The maximum absolute atomic E-state index is 5.73. The number of rotatable bonds is 5. The molecule has 0 aromatic heterocycles. The van der Waals surface area contributed by atoms with Crippen LogP contribution in [0.3, 0.4) is 0 Å².